The molecule has 7 heteroatoms. The fourth-order valence-corrected chi connectivity index (χ4v) is 4.75. The van der Waals surface area contributed by atoms with Gasteiger partial charge in [-0.05, 0) is 44.0 Å². The van der Waals surface area contributed by atoms with Gasteiger partial charge in [0.1, 0.15) is 0 Å². The lowest BCUT2D eigenvalue weighted by molar-refractivity contribution is -0.385. The normalized spacial score (nSPS) is 20.3. The molecule has 2 atom stereocenters. The Hall–Kier alpha value is -4.00. The van der Waals surface area contributed by atoms with E-state index in [2.05, 4.69) is 5.32 Å². The number of carbonyl (C=O) groups excluding carboxylic acids is 2. The van der Waals surface area contributed by atoms with Crippen LogP contribution in [-0.4, -0.2) is 22.3 Å². The van der Waals surface area contributed by atoms with Gasteiger partial charge < -0.3 is 5.32 Å². The van der Waals surface area contributed by atoms with E-state index in [-0.39, 0.29) is 23.9 Å². The molecule has 3 aromatic rings. The van der Waals surface area contributed by atoms with Crippen LogP contribution < -0.4 is 10.2 Å². The zero-order chi connectivity index (χ0) is 24.5. The zero-order valence-corrected chi connectivity index (χ0v) is 19.4. The molecule has 0 aromatic heterocycles. The predicted molar refractivity (Wildman–Crippen MR) is 130 cm³/mol. The first-order valence-corrected chi connectivity index (χ1v) is 11.1. The molecule has 0 unspecified atom stereocenters. The number of para-hydroxylation sites is 1. The molecule has 1 heterocycles. The van der Waals surface area contributed by atoms with E-state index in [4.69, 9.17) is 0 Å². The van der Waals surface area contributed by atoms with Crippen molar-refractivity contribution in [3.05, 3.63) is 106 Å². The molecule has 3 aromatic carbocycles. The van der Waals surface area contributed by atoms with E-state index in [1.54, 1.807) is 36.4 Å². The first-order valence-electron chi connectivity index (χ1n) is 11.1. The van der Waals surface area contributed by atoms with Crippen LogP contribution in [0.15, 0.2) is 84.9 Å². The summed E-state index contributed by atoms with van der Waals surface area (Å²) in [5.41, 5.74) is -0.503. The fourth-order valence-electron chi connectivity index (χ4n) is 4.75. The SMILES string of the molecule is CC(C)(C)NC(=O)[C@@]1(c2cccc([N+](=O)[O-])c2)[C@H](c2ccccc2)CC(=O)N1c1ccccc1. The van der Waals surface area contributed by atoms with Crippen molar-refractivity contribution in [3.8, 4) is 0 Å². The van der Waals surface area contributed by atoms with Crippen LogP contribution in [0.25, 0.3) is 0 Å². The van der Waals surface area contributed by atoms with Gasteiger partial charge >= 0.3 is 0 Å². The van der Waals surface area contributed by atoms with Crippen molar-refractivity contribution in [2.45, 2.75) is 44.2 Å². The van der Waals surface area contributed by atoms with Crippen molar-refractivity contribution >= 4 is 23.2 Å². The molecule has 0 bridgehead atoms. The van der Waals surface area contributed by atoms with Gasteiger partial charge in [-0.1, -0.05) is 60.7 Å². The number of non-ortho nitro benzene ring substituents is 1. The average molecular weight is 458 g/mol. The van der Waals surface area contributed by atoms with Gasteiger partial charge in [-0.3, -0.25) is 24.6 Å². The van der Waals surface area contributed by atoms with Gasteiger partial charge in [-0.25, -0.2) is 0 Å². The van der Waals surface area contributed by atoms with E-state index in [0.29, 0.717) is 11.3 Å². The highest BCUT2D eigenvalue weighted by atomic mass is 16.6. The lowest BCUT2D eigenvalue weighted by Crippen LogP contribution is -2.60. The summed E-state index contributed by atoms with van der Waals surface area (Å²) in [6.07, 6.45) is 0.0825. The number of amides is 2. The first-order chi connectivity index (χ1) is 16.1. The highest BCUT2D eigenvalue weighted by molar-refractivity contribution is 6.09. The highest BCUT2D eigenvalue weighted by Gasteiger charge is 2.60. The standard InChI is InChI=1S/C27H27N3O4/c1-26(2,3)28-25(32)27(20-13-10-16-22(17-20)30(33)34)23(19-11-6-4-7-12-19)18-24(31)29(27)21-14-8-5-9-15-21/h4-17,23H,18H2,1-3H3,(H,28,32)/t23-,27+/m0/s1. The topological polar surface area (TPSA) is 92.5 Å². The maximum Gasteiger partial charge on any atom is 0.269 e. The van der Waals surface area contributed by atoms with E-state index in [9.17, 15) is 19.7 Å². The summed E-state index contributed by atoms with van der Waals surface area (Å²) in [6, 6.07) is 24.4. The number of carbonyl (C=O) groups is 2. The molecule has 174 valence electrons. The van der Waals surface area contributed by atoms with Crippen LogP contribution in [-0.2, 0) is 15.1 Å². The number of benzene rings is 3. The maximum atomic E-state index is 14.3. The monoisotopic (exact) mass is 457 g/mol. The molecule has 4 rings (SSSR count). The second-order valence-electron chi connectivity index (χ2n) is 9.51. The van der Waals surface area contributed by atoms with Crippen molar-refractivity contribution in [2.75, 3.05) is 4.90 Å². The summed E-state index contributed by atoms with van der Waals surface area (Å²) in [6.45, 7) is 5.60. The molecule has 0 aliphatic carbocycles. The minimum Gasteiger partial charge on any atom is -0.349 e. The van der Waals surface area contributed by atoms with E-state index in [0.717, 1.165) is 5.56 Å². The number of rotatable bonds is 5. The number of nitrogens with one attached hydrogen (secondary N) is 1. The second-order valence-corrected chi connectivity index (χ2v) is 9.51. The third-order valence-electron chi connectivity index (χ3n) is 6.03. The Bertz CT molecular complexity index is 1220. The molecular formula is C27H27N3O4. The minimum atomic E-state index is -1.53. The lowest BCUT2D eigenvalue weighted by Gasteiger charge is -2.43. The summed E-state index contributed by atoms with van der Waals surface area (Å²) in [5, 5.41) is 14.7. The third kappa shape index (κ3) is 4.05. The summed E-state index contributed by atoms with van der Waals surface area (Å²) < 4.78 is 0. The summed E-state index contributed by atoms with van der Waals surface area (Å²) in [5.74, 6) is -1.18. The smallest absolute Gasteiger partial charge is 0.269 e. The van der Waals surface area contributed by atoms with Crippen LogP contribution in [0, 0.1) is 10.1 Å². The van der Waals surface area contributed by atoms with Crippen molar-refractivity contribution in [1.29, 1.82) is 0 Å². The molecule has 1 saturated heterocycles. The Morgan fingerprint density at radius 3 is 2.21 bits per heavy atom. The summed E-state index contributed by atoms with van der Waals surface area (Å²) in [7, 11) is 0. The molecule has 1 N–H and O–H groups in total. The Labute approximate surface area is 198 Å². The van der Waals surface area contributed by atoms with Crippen molar-refractivity contribution < 1.29 is 14.5 Å². The zero-order valence-electron chi connectivity index (χ0n) is 19.4. The predicted octanol–water partition coefficient (Wildman–Crippen LogP) is 4.93. The average Bonchev–Trinajstić information content (AvgIpc) is 3.13. The molecule has 0 spiro atoms. The lowest BCUT2D eigenvalue weighted by atomic mass is 9.73. The van der Waals surface area contributed by atoms with Crippen LogP contribution >= 0.6 is 0 Å². The van der Waals surface area contributed by atoms with Gasteiger partial charge in [0.2, 0.25) is 5.91 Å². The van der Waals surface area contributed by atoms with Crippen LogP contribution in [0.5, 0.6) is 0 Å². The molecule has 0 saturated carbocycles. The number of anilines is 1. The van der Waals surface area contributed by atoms with Gasteiger partial charge in [-0.2, -0.15) is 0 Å². The van der Waals surface area contributed by atoms with Gasteiger partial charge in [0.05, 0.1) is 4.92 Å². The maximum absolute atomic E-state index is 14.3. The van der Waals surface area contributed by atoms with Gasteiger partial charge in [-0.15, -0.1) is 0 Å². The van der Waals surface area contributed by atoms with Crippen LogP contribution in [0.4, 0.5) is 11.4 Å². The molecule has 7 nitrogen and oxygen atoms in total. The van der Waals surface area contributed by atoms with Crippen molar-refractivity contribution in [1.82, 2.24) is 5.32 Å². The Kier molecular flexibility index (Phi) is 5.96. The van der Waals surface area contributed by atoms with E-state index < -0.39 is 21.9 Å². The Morgan fingerprint density at radius 1 is 1.00 bits per heavy atom. The van der Waals surface area contributed by atoms with E-state index in [1.165, 1.54) is 17.0 Å². The van der Waals surface area contributed by atoms with Crippen molar-refractivity contribution in [2.24, 2.45) is 0 Å². The number of hydrogen-bond acceptors (Lipinski definition) is 4. The molecule has 2 amide bonds. The third-order valence-corrected chi connectivity index (χ3v) is 6.03. The number of nitro benzene ring substituents is 1. The minimum absolute atomic E-state index is 0.0825. The van der Waals surface area contributed by atoms with Gasteiger partial charge in [0.15, 0.2) is 5.54 Å². The summed E-state index contributed by atoms with van der Waals surface area (Å²) in [4.78, 5) is 40.6. The van der Waals surface area contributed by atoms with E-state index >= 15 is 0 Å². The Morgan fingerprint density at radius 2 is 1.62 bits per heavy atom. The number of nitrogens with zero attached hydrogens (tertiary/aromatic N) is 2. The largest absolute Gasteiger partial charge is 0.349 e. The molecule has 1 aliphatic heterocycles. The summed E-state index contributed by atoms with van der Waals surface area (Å²) >= 11 is 0. The van der Waals surface area contributed by atoms with Crippen LogP contribution in [0.1, 0.15) is 44.2 Å². The molecular weight excluding hydrogens is 430 g/mol. The highest BCUT2D eigenvalue weighted by Crippen LogP contribution is 2.52. The molecule has 1 fully saturated rings. The van der Waals surface area contributed by atoms with Crippen LogP contribution in [0.2, 0.25) is 0 Å². The number of hydrogen-bond donors (Lipinski definition) is 1. The van der Waals surface area contributed by atoms with E-state index in [1.807, 2.05) is 57.2 Å². The second kappa shape index (κ2) is 8.74. The fraction of sp³-hybridized carbons (Fsp3) is 0.259. The Balaban J connectivity index is 2.07. The van der Waals surface area contributed by atoms with Gasteiger partial charge in [0, 0.05) is 35.7 Å². The van der Waals surface area contributed by atoms with Gasteiger partial charge in [0.25, 0.3) is 11.6 Å². The first kappa shape index (κ1) is 23.2. The molecule has 34 heavy (non-hydrogen) atoms. The molecule has 1 aliphatic rings. The number of nitro groups is 1. The molecule has 0 radical (unpaired) electrons. The van der Waals surface area contributed by atoms with Crippen LogP contribution in [0.3, 0.4) is 0 Å². The quantitative estimate of drug-likeness (QED) is 0.434. The van der Waals surface area contributed by atoms with Crippen molar-refractivity contribution in [3.63, 3.8) is 0 Å².